The lowest BCUT2D eigenvalue weighted by Gasteiger charge is -2.22. The molecule has 2 bridgehead atoms. The number of nitrogens with zero attached hydrogens (tertiary/aromatic N) is 2. The highest BCUT2D eigenvalue weighted by molar-refractivity contribution is 5.80. The minimum Gasteiger partial charge on any atom is -0.373 e. The van der Waals surface area contributed by atoms with E-state index in [-0.39, 0.29) is 0 Å². The van der Waals surface area contributed by atoms with Gasteiger partial charge in [-0.05, 0) is 19.3 Å². The predicted octanol–water partition coefficient (Wildman–Crippen LogP) is 2.33. The number of hydrogen-bond acceptors (Lipinski definition) is 4. The Balaban J connectivity index is 1.33. The Morgan fingerprint density at radius 1 is 1.29 bits per heavy atom. The van der Waals surface area contributed by atoms with Crippen molar-refractivity contribution < 1.29 is 9.26 Å². The summed E-state index contributed by atoms with van der Waals surface area (Å²) in [6.07, 6.45) is 4.15. The molecule has 0 saturated carbocycles. The molecule has 24 heavy (non-hydrogen) atoms. The molecule has 2 saturated heterocycles. The fourth-order valence-corrected chi connectivity index (χ4v) is 3.47. The van der Waals surface area contributed by atoms with Gasteiger partial charge in [-0.15, -0.1) is 0 Å². The van der Waals surface area contributed by atoms with Crippen molar-refractivity contribution >= 4 is 5.96 Å². The van der Waals surface area contributed by atoms with Crippen LogP contribution in [0.2, 0.25) is 0 Å². The third-order valence-electron chi connectivity index (χ3n) is 4.71. The predicted molar refractivity (Wildman–Crippen MR) is 91.6 cm³/mol. The molecule has 2 aromatic rings. The molecule has 1 aromatic carbocycles. The molecule has 126 valence electrons. The van der Waals surface area contributed by atoms with E-state index in [4.69, 9.17) is 9.26 Å². The van der Waals surface area contributed by atoms with Gasteiger partial charge in [0.1, 0.15) is 5.69 Å². The van der Waals surface area contributed by atoms with Gasteiger partial charge in [-0.2, -0.15) is 0 Å². The van der Waals surface area contributed by atoms with Gasteiger partial charge in [0, 0.05) is 18.7 Å². The molecule has 2 fully saturated rings. The molecular formula is C18H22N4O2. The van der Waals surface area contributed by atoms with E-state index in [0.29, 0.717) is 24.8 Å². The van der Waals surface area contributed by atoms with Crippen LogP contribution in [-0.4, -0.2) is 36.4 Å². The molecule has 0 spiro atoms. The summed E-state index contributed by atoms with van der Waals surface area (Å²) in [5.41, 5.74) is 1.87. The maximum Gasteiger partial charge on any atom is 0.191 e. The molecule has 2 aliphatic rings. The highest BCUT2D eigenvalue weighted by Crippen LogP contribution is 2.34. The first kappa shape index (κ1) is 15.2. The summed E-state index contributed by atoms with van der Waals surface area (Å²) in [6.45, 7) is 0.567. The minimum absolute atomic E-state index is 0.324. The first-order chi connectivity index (χ1) is 11.8. The maximum absolute atomic E-state index is 5.87. The maximum atomic E-state index is 5.87. The molecule has 0 radical (unpaired) electrons. The number of guanidine groups is 1. The fraction of sp³-hybridized carbons (Fsp3) is 0.444. The highest BCUT2D eigenvalue weighted by Gasteiger charge is 2.41. The molecule has 3 atom stereocenters. The molecule has 3 heterocycles. The Morgan fingerprint density at radius 2 is 2.17 bits per heavy atom. The van der Waals surface area contributed by atoms with Crippen molar-refractivity contribution in [3.8, 4) is 11.3 Å². The third kappa shape index (κ3) is 3.14. The van der Waals surface area contributed by atoms with Crippen LogP contribution in [0, 0.1) is 0 Å². The van der Waals surface area contributed by atoms with Crippen LogP contribution in [0.25, 0.3) is 11.3 Å². The van der Waals surface area contributed by atoms with Crippen LogP contribution in [0.15, 0.2) is 45.9 Å². The number of aliphatic imine (C=N–C) groups is 1. The number of benzene rings is 1. The van der Waals surface area contributed by atoms with E-state index >= 15 is 0 Å². The molecule has 3 unspecified atom stereocenters. The second kappa shape index (κ2) is 6.65. The normalized spacial score (nSPS) is 25.9. The highest BCUT2D eigenvalue weighted by atomic mass is 16.5. The SMILES string of the molecule is CN=C(NCc1cc(-c2ccccc2)on1)NC1CC2CCC1O2. The zero-order valence-corrected chi connectivity index (χ0v) is 13.7. The van der Waals surface area contributed by atoms with Crippen molar-refractivity contribution in [1.29, 1.82) is 0 Å². The average molecular weight is 326 g/mol. The topological polar surface area (TPSA) is 71.7 Å². The summed E-state index contributed by atoms with van der Waals surface area (Å²) in [6, 6.07) is 12.3. The molecule has 2 aliphatic heterocycles. The monoisotopic (exact) mass is 326 g/mol. The van der Waals surface area contributed by atoms with Crippen molar-refractivity contribution in [3.63, 3.8) is 0 Å². The van der Waals surface area contributed by atoms with E-state index in [0.717, 1.165) is 35.8 Å². The van der Waals surface area contributed by atoms with Crippen molar-refractivity contribution in [3.05, 3.63) is 42.1 Å². The lowest BCUT2D eigenvalue weighted by molar-refractivity contribution is 0.0992. The number of nitrogens with one attached hydrogen (secondary N) is 2. The van der Waals surface area contributed by atoms with E-state index in [1.165, 1.54) is 6.42 Å². The van der Waals surface area contributed by atoms with Crippen LogP contribution in [0.1, 0.15) is 25.0 Å². The number of ether oxygens (including phenoxy) is 1. The summed E-state index contributed by atoms with van der Waals surface area (Å²) >= 11 is 0. The lowest BCUT2D eigenvalue weighted by atomic mass is 9.96. The van der Waals surface area contributed by atoms with E-state index < -0.39 is 0 Å². The van der Waals surface area contributed by atoms with Gasteiger partial charge in [0.25, 0.3) is 0 Å². The zero-order valence-electron chi connectivity index (χ0n) is 13.7. The summed E-state index contributed by atoms with van der Waals surface area (Å²) in [4.78, 5) is 4.30. The Hall–Kier alpha value is -2.34. The van der Waals surface area contributed by atoms with Crippen molar-refractivity contribution in [2.24, 2.45) is 4.99 Å². The summed E-state index contributed by atoms with van der Waals surface area (Å²) in [5, 5.41) is 10.9. The molecule has 1 aromatic heterocycles. The second-order valence-electron chi connectivity index (χ2n) is 6.33. The van der Waals surface area contributed by atoms with Crippen LogP contribution < -0.4 is 10.6 Å². The lowest BCUT2D eigenvalue weighted by Crippen LogP contribution is -2.47. The van der Waals surface area contributed by atoms with Crippen molar-refractivity contribution in [2.75, 3.05) is 7.05 Å². The van der Waals surface area contributed by atoms with Gasteiger partial charge in [0.2, 0.25) is 0 Å². The molecule has 0 aliphatic carbocycles. The average Bonchev–Trinajstić information content (AvgIpc) is 3.36. The first-order valence-electron chi connectivity index (χ1n) is 8.45. The van der Waals surface area contributed by atoms with Gasteiger partial charge in [-0.25, -0.2) is 0 Å². The third-order valence-corrected chi connectivity index (χ3v) is 4.71. The van der Waals surface area contributed by atoms with Gasteiger partial charge in [0.05, 0.1) is 24.8 Å². The van der Waals surface area contributed by atoms with E-state index in [9.17, 15) is 0 Å². The van der Waals surface area contributed by atoms with Crippen LogP contribution in [0.3, 0.4) is 0 Å². The van der Waals surface area contributed by atoms with E-state index in [2.05, 4.69) is 20.8 Å². The summed E-state index contributed by atoms with van der Waals surface area (Å²) in [7, 11) is 1.78. The number of hydrogen-bond donors (Lipinski definition) is 2. The summed E-state index contributed by atoms with van der Waals surface area (Å²) in [5.74, 6) is 1.55. The van der Waals surface area contributed by atoms with E-state index in [1.807, 2.05) is 36.4 Å². The quantitative estimate of drug-likeness (QED) is 0.666. The molecule has 4 rings (SSSR count). The van der Waals surface area contributed by atoms with Crippen LogP contribution >= 0.6 is 0 Å². The molecule has 6 nitrogen and oxygen atoms in total. The number of fused-ring (bicyclic) bond motifs is 2. The molecule has 0 amide bonds. The smallest absolute Gasteiger partial charge is 0.191 e. The van der Waals surface area contributed by atoms with Gasteiger partial charge >= 0.3 is 0 Å². The Bertz CT molecular complexity index is 713. The van der Waals surface area contributed by atoms with E-state index in [1.54, 1.807) is 7.05 Å². The first-order valence-corrected chi connectivity index (χ1v) is 8.45. The molecule has 2 N–H and O–H groups in total. The van der Waals surface area contributed by atoms with Crippen LogP contribution in [0.5, 0.6) is 0 Å². The Labute approximate surface area is 141 Å². The van der Waals surface area contributed by atoms with Gasteiger partial charge in [0.15, 0.2) is 11.7 Å². The Morgan fingerprint density at radius 3 is 2.88 bits per heavy atom. The minimum atomic E-state index is 0.324. The van der Waals surface area contributed by atoms with Crippen LogP contribution in [-0.2, 0) is 11.3 Å². The molecule has 6 heteroatoms. The van der Waals surface area contributed by atoms with Gasteiger partial charge in [-0.1, -0.05) is 35.5 Å². The largest absolute Gasteiger partial charge is 0.373 e. The van der Waals surface area contributed by atoms with Crippen molar-refractivity contribution in [2.45, 2.75) is 44.1 Å². The molecular weight excluding hydrogens is 304 g/mol. The fourth-order valence-electron chi connectivity index (χ4n) is 3.47. The van der Waals surface area contributed by atoms with Gasteiger partial charge < -0.3 is 19.9 Å². The van der Waals surface area contributed by atoms with Gasteiger partial charge in [-0.3, -0.25) is 4.99 Å². The number of aromatic nitrogens is 1. The van der Waals surface area contributed by atoms with Crippen molar-refractivity contribution in [1.82, 2.24) is 15.8 Å². The second-order valence-corrected chi connectivity index (χ2v) is 6.33. The zero-order chi connectivity index (χ0) is 16.4. The number of rotatable bonds is 4. The Kier molecular flexibility index (Phi) is 4.21. The van der Waals surface area contributed by atoms with Crippen LogP contribution in [0.4, 0.5) is 0 Å². The standard InChI is InChI=1S/C18H22N4O2/c1-19-18(21-15-10-14-7-8-16(15)23-14)20-11-13-9-17(24-22-13)12-5-3-2-4-6-12/h2-6,9,14-16H,7-8,10-11H2,1H3,(H2,19,20,21). The summed E-state index contributed by atoms with van der Waals surface area (Å²) < 4.78 is 11.3.